The number of rotatable bonds is 3. The van der Waals surface area contributed by atoms with Crippen molar-refractivity contribution in [3.8, 4) is 0 Å². The largest absolute Gasteiger partial charge is 0.384 e. The lowest BCUT2D eigenvalue weighted by molar-refractivity contribution is 0.219. The van der Waals surface area contributed by atoms with Crippen LogP contribution < -0.4 is 0 Å². The SMILES string of the molecule is Cc1cccc(C(O)c2cnn(C(C)C)c2)c1C. The van der Waals surface area contributed by atoms with Crippen molar-refractivity contribution in [3.63, 3.8) is 0 Å². The number of hydrogen-bond acceptors (Lipinski definition) is 2. The van der Waals surface area contributed by atoms with E-state index < -0.39 is 6.10 Å². The van der Waals surface area contributed by atoms with Crippen LogP contribution in [0.3, 0.4) is 0 Å². The Morgan fingerprint density at radius 3 is 2.56 bits per heavy atom. The van der Waals surface area contributed by atoms with Gasteiger partial charge in [0.15, 0.2) is 0 Å². The van der Waals surface area contributed by atoms with Crippen molar-refractivity contribution in [1.82, 2.24) is 9.78 Å². The molecule has 3 nitrogen and oxygen atoms in total. The summed E-state index contributed by atoms with van der Waals surface area (Å²) in [5.41, 5.74) is 4.14. The van der Waals surface area contributed by atoms with E-state index in [2.05, 4.69) is 31.9 Å². The Kier molecular flexibility index (Phi) is 3.53. The van der Waals surface area contributed by atoms with E-state index in [1.807, 2.05) is 29.9 Å². The molecule has 1 heterocycles. The summed E-state index contributed by atoms with van der Waals surface area (Å²) in [5.74, 6) is 0. The molecule has 0 aliphatic carbocycles. The maximum Gasteiger partial charge on any atom is 0.107 e. The molecule has 0 saturated heterocycles. The molecule has 96 valence electrons. The lowest BCUT2D eigenvalue weighted by atomic mass is 9.96. The van der Waals surface area contributed by atoms with Gasteiger partial charge in [0.1, 0.15) is 6.10 Å². The van der Waals surface area contributed by atoms with Crippen molar-refractivity contribution in [2.75, 3.05) is 0 Å². The van der Waals surface area contributed by atoms with Crippen LogP contribution >= 0.6 is 0 Å². The minimum absolute atomic E-state index is 0.310. The van der Waals surface area contributed by atoms with E-state index in [0.29, 0.717) is 6.04 Å². The Morgan fingerprint density at radius 2 is 1.94 bits per heavy atom. The molecule has 2 aromatic rings. The van der Waals surface area contributed by atoms with Crippen LogP contribution in [0.15, 0.2) is 30.6 Å². The fourth-order valence-electron chi connectivity index (χ4n) is 2.03. The first-order valence-electron chi connectivity index (χ1n) is 6.29. The maximum absolute atomic E-state index is 10.4. The summed E-state index contributed by atoms with van der Waals surface area (Å²) >= 11 is 0. The van der Waals surface area contributed by atoms with Gasteiger partial charge < -0.3 is 5.11 Å². The van der Waals surface area contributed by atoms with Crippen LogP contribution in [0.1, 0.15) is 48.2 Å². The number of benzene rings is 1. The van der Waals surface area contributed by atoms with E-state index in [0.717, 1.165) is 16.7 Å². The molecule has 1 atom stereocenters. The molecular formula is C15H20N2O. The van der Waals surface area contributed by atoms with Gasteiger partial charge in [-0.1, -0.05) is 18.2 Å². The third-order valence-electron chi connectivity index (χ3n) is 3.41. The first-order valence-corrected chi connectivity index (χ1v) is 6.29. The van der Waals surface area contributed by atoms with Crippen molar-refractivity contribution in [1.29, 1.82) is 0 Å². The number of aliphatic hydroxyl groups is 1. The fourth-order valence-corrected chi connectivity index (χ4v) is 2.03. The van der Waals surface area contributed by atoms with Gasteiger partial charge >= 0.3 is 0 Å². The average molecular weight is 244 g/mol. The van der Waals surface area contributed by atoms with E-state index in [-0.39, 0.29) is 0 Å². The van der Waals surface area contributed by atoms with Crippen LogP contribution in [0.4, 0.5) is 0 Å². The van der Waals surface area contributed by atoms with Crippen LogP contribution in [0.2, 0.25) is 0 Å². The number of aryl methyl sites for hydroxylation is 1. The monoisotopic (exact) mass is 244 g/mol. The van der Waals surface area contributed by atoms with E-state index in [1.54, 1.807) is 6.20 Å². The average Bonchev–Trinajstić information content (AvgIpc) is 2.81. The van der Waals surface area contributed by atoms with Crippen LogP contribution in [-0.2, 0) is 0 Å². The second-order valence-corrected chi connectivity index (χ2v) is 5.04. The van der Waals surface area contributed by atoms with Gasteiger partial charge in [0.25, 0.3) is 0 Å². The zero-order chi connectivity index (χ0) is 13.3. The maximum atomic E-state index is 10.4. The van der Waals surface area contributed by atoms with Crippen molar-refractivity contribution < 1.29 is 5.11 Å². The molecule has 18 heavy (non-hydrogen) atoms. The Hall–Kier alpha value is -1.61. The Morgan fingerprint density at radius 1 is 1.22 bits per heavy atom. The van der Waals surface area contributed by atoms with Gasteiger partial charge in [0.2, 0.25) is 0 Å². The minimum atomic E-state index is -0.600. The standard InChI is InChI=1S/C15H20N2O/c1-10(2)17-9-13(8-16-17)15(18)14-7-5-6-11(3)12(14)4/h5-10,15,18H,1-4H3. The van der Waals surface area contributed by atoms with Crippen LogP contribution in [0, 0.1) is 13.8 Å². The minimum Gasteiger partial charge on any atom is -0.384 e. The molecule has 0 aliphatic heterocycles. The quantitative estimate of drug-likeness (QED) is 0.900. The highest BCUT2D eigenvalue weighted by atomic mass is 16.3. The zero-order valence-electron chi connectivity index (χ0n) is 11.4. The van der Waals surface area contributed by atoms with Crippen LogP contribution in [-0.4, -0.2) is 14.9 Å². The van der Waals surface area contributed by atoms with Crippen molar-refractivity contribution in [2.24, 2.45) is 0 Å². The van der Waals surface area contributed by atoms with Gasteiger partial charge in [-0.25, -0.2) is 0 Å². The van der Waals surface area contributed by atoms with E-state index >= 15 is 0 Å². The third-order valence-corrected chi connectivity index (χ3v) is 3.41. The molecule has 0 spiro atoms. The van der Waals surface area contributed by atoms with Gasteiger partial charge in [-0.05, 0) is 44.4 Å². The Bertz CT molecular complexity index is 543. The first kappa shape index (κ1) is 12.8. The number of hydrogen-bond donors (Lipinski definition) is 1. The molecule has 2 rings (SSSR count). The molecule has 1 N–H and O–H groups in total. The fraction of sp³-hybridized carbons (Fsp3) is 0.400. The highest BCUT2D eigenvalue weighted by Gasteiger charge is 2.16. The summed E-state index contributed by atoms with van der Waals surface area (Å²) in [6, 6.07) is 6.32. The normalized spacial score (nSPS) is 13.0. The summed E-state index contributed by atoms with van der Waals surface area (Å²) in [7, 11) is 0. The Labute approximate surface area is 108 Å². The summed E-state index contributed by atoms with van der Waals surface area (Å²) < 4.78 is 1.86. The Balaban J connectivity index is 2.35. The molecule has 0 saturated carbocycles. The lowest BCUT2D eigenvalue weighted by Gasteiger charge is -2.14. The van der Waals surface area contributed by atoms with E-state index in [9.17, 15) is 5.11 Å². The zero-order valence-corrected chi connectivity index (χ0v) is 11.4. The van der Waals surface area contributed by atoms with Crippen molar-refractivity contribution in [2.45, 2.75) is 39.8 Å². The highest BCUT2D eigenvalue weighted by molar-refractivity contribution is 5.38. The molecule has 1 unspecified atom stereocenters. The summed E-state index contributed by atoms with van der Waals surface area (Å²) in [6.45, 7) is 8.24. The van der Waals surface area contributed by atoms with Crippen LogP contribution in [0.25, 0.3) is 0 Å². The molecule has 0 fully saturated rings. The van der Waals surface area contributed by atoms with Gasteiger partial charge in [0.05, 0.1) is 6.20 Å². The molecule has 1 aromatic carbocycles. The van der Waals surface area contributed by atoms with E-state index in [4.69, 9.17) is 0 Å². The number of nitrogens with zero attached hydrogens (tertiary/aromatic N) is 2. The molecule has 1 aromatic heterocycles. The topological polar surface area (TPSA) is 38.1 Å². The van der Waals surface area contributed by atoms with Gasteiger partial charge in [-0.15, -0.1) is 0 Å². The van der Waals surface area contributed by atoms with E-state index in [1.165, 1.54) is 5.56 Å². The molecular weight excluding hydrogens is 224 g/mol. The van der Waals surface area contributed by atoms with Crippen LogP contribution in [0.5, 0.6) is 0 Å². The van der Waals surface area contributed by atoms with Crippen molar-refractivity contribution in [3.05, 3.63) is 52.8 Å². The number of aliphatic hydroxyl groups excluding tert-OH is 1. The number of aromatic nitrogens is 2. The first-order chi connectivity index (χ1) is 8.50. The molecule has 0 bridgehead atoms. The lowest BCUT2D eigenvalue weighted by Crippen LogP contribution is -2.03. The second kappa shape index (κ2) is 4.94. The summed E-state index contributed by atoms with van der Waals surface area (Å²) in [4.78, 5) is 0. The van der Waals surface area contributed by atoms with Gasteiger partial charge in [0, 0.05) is 17.8 Å². The predicted octanol–water partition coefficient (Wildman–Crippen LogP) is 3.16. The summed E-state index contributed by atoms with van der Waals surface area (Å²) in [5, 5.41) is 14.7. The molecule has 0 amide bonds. The third kappa shape index (κ3) is 2.31. The van der Waals surface area contributed by atoms with Crippen molar-refractivity contribution >= 4 is 0 Å². The van der Waals surface area contributed by atoms with Gasteiger partial charge in [-0.3, -0.25) is 4.68 Å². The van der Waals surface area contributed by atoms with Gasteiger partial charge in [-0.2, -0.15) is 5.10 Å². The molecule has 0 radical (unpaired) electrons. The predicted molar refractivity (Wildman–Crippen MR) is 72.6 cm³/mol. The highest BCUT2D eigenvalue weighted by Crippen LogP contribution is 2.26. The molecule has 0 aliphatic rings. The molecule has 3 heteroatoms. The smallest absolute Gasteiger partial charge is 0.107 e. The second-order valence-electron chi connectivity index (χ2n) is 5.04. The summed E-state index contributed by atoms with van der Waals surface area (Å²) in [6.07, 6.45) is 3.06.